The average molecular weight is 762 g/mol. The Bertz CT molecular complexity index is 1590. The number of hydrogen-bond acceptors (Lipinski definition) is 10. The van der Waals surface area contributed by atoms with Gasteiger partial charge in [0.05, 0.1) is 24.9 Å². The second kappa shape index (κ2) is 17.6. The summed E-state index contributed by atoms with van der Waals surface area (Å²) in [5.41, 5.74) is 1.72. The number of methoxy groups -OCH3 is 1. The molecule has 0 unspecified atom stereocenters. The van der Waals surface area contributed by atoms with E-state index in [1.807, 2.05) is 36.7 Å². The van der Waals surface area contributed by atoms with Crippen LogP contribution in [-0.2, 0) is 37.7 Å². The van der Waals surface area contributed by atoms with Crippen LogP contribution in [0.25, 0.3) is 11.4 Å². The smallest absolute Gasteiger partial charge is 0.475 e. The molecule has 3 aromatic heterocycles. The summed E-state index contributed by atoms with van der Waals surface area (Å²) in [6.45, 7) is 3.59. The highest BCUT2D eigenvalue weighted by Gasteiger charge is 2.46. The van der Waals surface area contributed by atoms with E-state index >= 15 is 0 Å². The molecular weight excluding hydrogens is 733 g/mol. The van der Waals surface area contributed by atoms with Crippen LogP contribution in [0.3, 0.4) is 0 Å². The van der Waals surface area contributed by atoms with Crippen LogP contribution in [0.15, 0.2) is 48.9 Å². The van der Waals surface area contributed by atoms with Crippen LogP contribution in [0.5, 0.6) is 0 Å². The van der Waals surface area contributed by atoms with Crippen molar-refractivity contribution in [2.75, 3.05) is 26.7 Å². The Kier molecular flexibility index (Phi) is 14.4. The molecule has 2 aliphatic rings. The van der Waals surface area contributed by atoms with E-state index in [0.717, 1.165) is 55.4 Å². The van der Waals surface area contributed by atoms with Crippen molar-refractivity contribution in [1.29, 1.82) is 0 Å². The van der Waals surface area contributed by atoms with Crippen LogP contribution in [0.2, 0.25) is 0 Å². The highest BCUT2D eigenvalue weighted by molar-refractivity contribution is 5.73. The van der Waals surface area contributed by atoms with Gasteiger partial charge in [-0.15, -0.1) is 10.2 Å². The minimum atomic E-state index is -5.08. The summed E-state index contributed by atoms with van der Waals surface area (Å²) in [6.07, 6.45) is -8.42. The van der Waals surface area contributed by atoms with E-state index in [2.05, 4.69) is 35.7 Å². The lowest BCUT2D eigenvalue weighted by Crippen LogP contribution is -2.57. The maximum Gasteiger partial charge on any atom is 0.490 e. The highest BCUT2D eigenvalue weighted by Crippen LogP contribution is 2.39. The molecule has 1 saturated heterocycles. The van der Waals surface area contributed by atoms with Gasteiger partial charge in [-0.2, -0.15) is 39.5 Å². The van der Waals surface area contributed by atoms with E-state index in [1.165, 1.54) is 7.11 Å². The molecule has 1 fully saturated rings. The third kappa shape index (κ3) is 12.3. The number of carbonyl (C=O) groups excluding carboxylic acids is 1. The number of pyridine rings is 2. The van der Waals surface area contributed by atoms with Crippen molar-refractivity contribution < 1.29 is 78.7 Å². The van der Waals surface area contributed by atoms with Gasteiger partial charge in [-0.1, -0.05) is 6.07 Å². The Morgan fingerprint density at radius 3 is 1.77 bits per heavy atom. The molecule has 5 rings (SSSR count). The van der Waals surface area contributed by atoms with Gasteiger partial charge in [-0.3, -0.25) is 19.8 Å². The number of alkyl halides is 9. The summed E-state index contributed by atoms with van der Waals surface area (Å²) >= 11 is 0. The third-order valence-electron chi connectivity index (χ3n) is 7.00. The number of ether oxygens (including phenoxy) is 1. The van der Waals surface area contributed by atoms with Crippen molar-refractivity contribution in [3.63, 3.8) is 0 Å². The molecule has 0 aromatic carbocycles. The van der Waals surface area contributed by atoms with Gasteiger partial charge in [-0.05, 0) is 37.1 Å². The van der Waals surface area contributed by atoms with Gasteiger partial charge >= 0.3 is 42.5 Å². The monoisotopic (exact) mass is 761 g/mol. The summed E-state index contributed by atoms with van der Waals surface area (Å²) in [7, 11) is 1.42. The molecule has 2 aliphatic heterocycles. The zero-order valence-corrected chi connectivity index (χ0v) is 26.5. The molecule has 1 spiro atoms. The zero-order chi connectivity index (χ0) is 39.5. The first-order valence-electron chi connectivity index (χ1n) is 14.2. The number of piperidine rings is 1. The first kappa shape index (κ1) is 42.6. The number of fused-ring (bicyclic) bond motifs is 2. The lowest BCUT2D eigenvalue weighted by Gasteiger charge is -2.48. The summed E-state index contributed by atoms with van der Waals surface area (Å²) in [5.74, 6) is -6.67. The van der Waals surface area contributed by atoms with Crippen molar-refractivity contribution >= 4 is 24.0 Å². The van der Waals surface area contributed by atoms with Crippen LogP contribution < -0.4 is 0 Å². The number of likely N-dealkylation sites (tertiary alicyclic amines) is 1. The predicted molar refractivity (Wildman–Crippen MR) is 154 cm³/mol. The molecule has 5 heterocycles. The van der Waals surface area contributed by atoms with Crippen molar-refractivity contribution in [3.05, 3.63) is 60.4 Å². The standard InChI is InChI=1S/C22H25N7O2.3C2HF3O2/c1-31-21(30)28-15-19-25-26-20(17-5-4-9-23-13-17)29(19)22(16-28)7-11-27(12-8-22)14-18-6-2-3-10-24-18;3*3-2(4,5)1(6)7/h2-6,9-10,13H,7-8,11-12,14-16H2,1H3;3*(H,6,7). The zero-order valence-electron chi connectivity index (χ0n) is 26.5. The number of aromatic nitrogens is 5. The molecule has 286 valence electrons. The minimum Gasteiger partial charge on any atom is -0.475 e. The topological polar surface area (TPSA) is 201 Å². The van der Waals surface area contributed by atoms with Crippen molar-refractivity contribution in [1.82, 2.24) is 34.5 Å². The van der Waals surface area contributed by atoms with Crippen molar-refractivity contribution in [3.8, 4) is 11.4 Å². The second-order valence-corrected chi connectivity index (χ2v) is 10.6. The van der Waals surface area contributed by atoms with E-state index in [1.54, 1.807) is 11.1 Å². The fourth-order valence-electron chi connectivity index (χ4n) is 4.74. The molecule has 0 atom stereocenters. The maximum absolute atomic E-state index is 12.4. The van der Waals surface area contributed by atoms with Crippen molar-refractivity contribution in [2.45, 2.75) is 50.0 Å². The van der Waals surface area contributed by atoms with E-state index in [9.17, 15) is 44.3 Å². The van der Waals surface area contributed by atoms with E-state index in [-0.39, 0.29) is 11.6 Å². The lowest BCUT2D eigenvalue weighted by molar-refractivity contribution is -0.193. The van der Waals surface area contributed by atoms with Crippen LogP contribution in [0, 0.1) is 0 Å². The van der Waals surface area contributed by atoms with Crippen LogP contribution in [0.4, 0.5) is 44.3 Å². The number of carbonyl (C=O) groups is 4. The molecule has 15 nitrogen and oxygen atoms in total. The predicted octanol–water partition coefficient (Wildman–Crippen LogP) is 4.21. The van der Waals surface area contributed by atoms with Crippen LogP contribution in [0.1, 0.15) is 24.4 Å². The lowest BCUT2D eigenvalue weighted by atomic mass is 9.84. The third-order valence-corrected chi connectivity index (χ3v) is 7.00. The first-order chi connectivity index (χ1) is 24.0. The number of carboxylic acid groups (broad SMARTS) is 3. The van der Waals surface area contributed by atoms with Gasteiger partial charge in [0.15, 0.2) is 11.6 Å². The Morgan fingerprint density at radius 1 is 0.808 bits per heavy atom. The SMILES string of the molecule is COC(=O)N1Cc2nnc(-c3cccnc3)n2C2(CCN(Cc3ccccn3)CC2)C1.O=C(O)C(F)(F)F.O=C(O)C(F)(F)F.O=C(O)C(F)(F)F. The molecule has 1 amide bonds. The summed E-state index contributed by atoms with van der Waals surface area (Å²) in [5, 5.41) is 30.3. The fraction of sp³-hybridized carbons (Fsp3) is 0.429. The van der Waals surface area contributed by atoms with Gasteiger partial charge in [-0.25, -0.2) is 19.2 Å². The van der Waals surface area contributed by atoms with Crippen molar-refractivity contribution in [2.24, 2.45) is 0 Å². The Balaban J connectivity index is 0.000000365. The molecule has 3 aromatic rings. The molecule has 0 bridgehead atoms. The number of aliphatic carboxylic acids is 3. The Labute approximate surface area is 286 Å². The molecule has 0 radical (unpaired) electrons. The van der Waals surface area contributed by atoms with Gasteiger partial charge < -0.3 is 24.6 Å². The summed E-state index contributed by atoms with van der Waals surface area (Å²) < 4.78 is 102. The number of hydrogen-bond donors (Lipinski definition) is 3. The molecule has 24 heteroatoms. The molecular formula is C28H28F9N7O8. The van der Waals surface area contributed by atoms with E-state index in [0.29, 0.717) is 13.1 Å². The molecule has 3 N–H and O–H groups in total. The largest absolute Gasteiger partial charge is 0.490 e. The fourth-order valence-corrected chi connectivity index (χ4v) is 4.74. The number of carboxylic acids is 3. The van der Waals surface area contributed by atoms with E-state index < -0.39 is 36.4 Å². The number of rotatable bonds is 3. The minimum absolute atomic E-state index is 0.281. The Hall–Kier alpha value is -5.55. The molecule has 52 heavy (non-hydrogen) atoms. The number of amides is 1. The Morgan fingerprint density at radius 2 is 1.35 bits per heavy atom. The van der Waals surface area contributed by atoms with E-state index in [4.69, 9.17) is 34.4 Å². The highest BCUT2D eigenvalue weighted by atomic mass is 19.4. The first-order valence-corrected chi connectivity index (χ1v) is 14.2. The maximum atomic E-state index is 12.4. The average Bonchev–Trinajstić information content (AvgIpc) is 3.51. The normalized spacial score (nSPS) is 15.3. The molecule has 0 aliphatic carbocycles. The van der Waals surface area contributed by atoms with Crippen LogP contribution >= 0.6 is 0 Å². The molecule has 0 saturated carbocycles. The van der Waals surface area contributed by atoms with Gasteiger partial charge in [0, 0.05) is 50.3 Å². The number of nitrogens with zero attached hydrogens (tertiary/aromatic N) is 7. The number of halogens is 9. The second-order valence-electron chi connectivity index (χ2n) is 10.6. The quantitative estimate of drug-likeness (QED) is 0.321. The van der Waals surface area contributed by atoms with Gasteiger partial charge in [0.2, 0.25) is 0 Å². The summed E-state index contributed by atoms with van der Waals surface area (Å²) in [6, 6.07) is 9.92. The van der Waals surface area contributed by atoms with Gasteiger partial charge in [0.1, 0.15) is 0 Å². The van der Waals surface area contributed by atoms with Crippen LogP contribution in [-0.4, -0.2) is 119 Å². The summed E-state index contributed by atoms with van der Waals surface area (Å²) in [4.78, 5) is 52.0. The van der Waals surface area contributed by atoms with Gasteiger partial charge in [0.25, 0.3) is 0 Å².